The minimum absolute atomic E-state index is 0.283. The third-order valence-corrected chi connectivity index (χ3v) is 4.31. The summed E-state index contributed by atoms with van der Waals surface area (Å²) in [5.41, 5.74) is 2.33. The van der Waals surface area contributed by atoms with Gasteiger partial charge in [-0.1, -0.05) is 24.6 Å². The summed E-state index contributed by atoms with van der Waals surface area (Å²) in [6.45, 7) is 3.13. The van der Waals surface area contributed by atoms with E-state index in [2.05, 4.69) is 29.1 Å². The van der Waals surface area contributed by atoms with Crippen LogP contribution < -0.4 is 5.32 Å². The van der Waals surface area contributed by atoms with Crippen molar-refractivity contribution in [1.29, 1.82) is 0 Å². The van der Waals surface area contributed by atoms with E-state index in [1.807, 2.05) is 0 Å². The van der Waals surface area contributed by atoms with E-state index in [0.717, 1.165) is 31.4 Å². The quantitative estimate of drug-likeness (QED) is 0.782. The molecule has 0 amide bonds. The number of hydrogen-bond acceptors (Lipinski definition) is 2. The van der Waals surface area contributed by atoms with Gasteiger partial charge in [-0.3, -0.25) is 0 Å². The Bertz CT molecular complexity index is 527. The van der Waals surface area contributed by atoms with Gasteiger partial charge >= 0.3 is 0 Å². The maximum absolute atomic E-state index is 13.1. The molecule has 0 saturated carbocycles. The predicted molar refractivity (Wildman–Crippen MR) is 85.2 cm³/mol. The molecule has 2 rings (SSSR count). The summed E-state index contributed by atoms with van der Waals surface area (Å²) in [6.07, 6.45) is 2.88. The molecular formula is C16H19ClFNS. The highest BCUT2D eigenvalue weighted by atomic mass is 35.5. The molecule has 2 aromatic rings. The van der Waals surface area contributed by atoms with Gasteiger partial charge in [0.25, 0.3) is 0 Å². The molecule has 1 N–H and O–H groups in total. The molecule has 108 valence electrons. The van der Waals surface area contributed by atoms with Gasteiger partial charge in [0, 0.05) is 11.1 Å². The first-order valence-corrected chi connectivity index (χ1v) is 8.19. The van der Waals surface area contributed by atoms with Crippen LogP contribution in [0, 0.1) is 5.82 Å². The molecule has 0 aliphatic carbocycles. The maximum atomic E-state index is 13.1. The van der Waals surface area contributed by atoms with Gasteiger partial charge in [0.2, 0.25) is 0 Å². The first-order valence-electron chi connectivity index (χ1n) is 6.87. The van der Waals surface area contributed by atoms with Crippen molar-refractivity contribution in [3.63, 3.8) is 0 Å². The molecule has 0 radical (unpaired) electrons. The third kappa shape index (κ3) is 4.58. The van der Waals surface area contributed by atoms with Crippen LogP contribution in [0.5, 0.6) is 0 Å². The van der Waals surface area contributed by atoms with Crippen molar-refractivity contribution in [2.75, 3.05) is 6.54 Å². The van der Waals surface area contributed by atoms with E-state index in [-0.39, 0.29) is 5.82 Å². The molecule has 1 aromatic heterocycles. The number of benzene rings is 1. The van der Waals surface area contributed by atoms with Crippen molar-refractivity contribution in [1.82, 2.24) is 5.32 Å². The van der Waals surface area contributed by atoms with E-state index >= 15 is 0 Å². The summed E-state index contributed by atoms with van der Waals surface area (Å²) >= 11 is 7.84. The second-order valence-corrected chi connectivity index (χ2v) is 6.11. The first-order chi connectivity index (χ1) is 9.69. The van der Waals surface area contributed by atoms with Crippen LogP contribution in [-0.2, 0) is 12.8 Å². The summed E-state index contributed by atoms with van der Waals surface area (Å²) in [5, 5.41) is 8.33. The number of thiophene rings is 1. The summed E-state index contributed by atoms with van der Waals surface area (Å²) in [6, 6.07) is 7.12. The van der Waals surface area contributed by atoms with Gasteiger partial charge in [0.15, 0.2) is 0 Å². The highest BCUT2D eigenvalue weighted by Crippen LogP contribution is 2.20. The van der Waals surface area contributed by atoms with Crippen molar-refractivity contribution in [2.45, 2.75) is 32.2 Å². The fraction of sp³-hybridized carbons (Fsp3) is 0.375. The predicted octanol–water partition coefficient (Wildman–Crippen LogP) is 4.69. The standard InChI is InChI=1S/C16H19ClFNS/c1-2-6-19-15(8-12-5-7-20-11-12)9-13-3-4-14(18)10-16(13)17/h3-5,7,10-11,15,19H,2,6,8-9H2,1H3. The van der Waals surface area contributed by atoms with Crippen molar-refractivity contribution in [2.24, 2.45) is 0 Å². The van der Waals surface area contributed by atoms with Crippen LogP contribution in [0.1, 0.15) is 24.5 Å². The van der Waals surface area contributed by atoms with Crippen LogP contribution in [0.2, 0.25) is 5.02 Å². The normalized spacial score (nSPS) is 12.6. The first kappa shape index (κ1) is 15.5. The minimum atomic E-state index is -0.283. The Labute approximate surface area is 128 Å². The Morgan fingerprint density at radius 3 is 2.80 bits per heavy atom. The van der Waals surface area contributed by atoms with Crippen LogP contribution in [0.4, 0.5) is 4.39 Å². The summed E-state index contributed by atoms with van der Waals surface area (Å²) in [4.78, 5) is 0. The Morgan fingerprint density at radius 2 is 2.15 bits per heavy atom. The van der Waals surface area contributed by atoms with E-state index in [1.54, 1.807) is 17.4 Å². The molecule has 0 aliphatic rings. The number of halogens is 2. The van der Waals surface area contributed by atoms with Crippen LogP contribution >= 0.6 is 22.9 Å². The molecule has 0 saturated heterocycles. The Kier molecular flexibility index (Phi) is 6.02. The second-order valence-electron chi connectivity index (χ2n) is 4.93. The smallest absolute Gasteiger partial charge is 0.124 e. The minimum Gasteiger partial charge on any atom is -0.313 e. The highest BCUT2D eigenvalue weighted by molar-refractivity contribution is 7.07. The maximum Gasteiger partial charge on any atom is 0.124 e. The Morgan fingerprint density at radius 1 is 1.30 bits per heavy atom. The SMILES string of the molecule is CCCNC(Cc1ccsc1)Cc1ccc(F)cc1Cl. The lowest BCUT2D eigenvalue weighted by Crippen LogP contribution is -2.33. The van der Waals surface area contributed by atoms with Gasteiger partial charge in [-0.05, 0) is 65.9 Å². The van der Waals surface area contributed by atoms with Crippen LogP contribution in [0.15, 0.2) is 35.0 Å². The molecular weight excluding hydrogens is 293 g/mol. The Balaban J connectivity index is 2.06. The number of rotatable bonds is 7. The van der Waals surface area contributed by atoms with Crippen LogP contribution in [0.3, 0.4) is 0 Å². The van der Waals surface area contributed by atoms with Gasteiger partial charge in [-0.2, -0.15) is 11.3 Å². The van der Waals surface area contributed by atoms with Gasteiger partial charge < -0.3 is 5.32 Å². The van der Waals surface area contributed by atoms with Crippen LogP contribution in [-0.4, -0.2) is 12.6 Å². The molecule has 1 unspecified atom stereocenters. The molecule has 1 atom stereocenters. The van der Waals surface area contributed by atoms with E-state index in [1.165, 1.54) is 17.7 Å². The molecule has 20 heavy (non-hydrogen) atoms. The van der Waals surface area contributed by atoms with Crippen molar-refractivity contribution >= 4 is 22.9 Å². The topological polar surface area (TPSA) is 12.0 Å². The van der Waals surface area contributed by atoms with Gasteiger partial charge in [0.1, 0.15) is 5.82 Å². The van der Waals surface area contributed by atoms with Gasteiger partial charge in [0.05, 0.1) is 0 Å². The highest BCUT2D eigenvalue weighted by Gasteiger charge is 2.12. The summed E-state index contributed by atoms with van der Waals surface area (Å²) in [7, 11) is 0. The molecule has 0 aliphatic heterocycles. The van der Waals surface area contributed by atoms with Crippen LogP contribution in [0.25, 0.3) is 0 Å². The lowest BCUT2D eigenvalue weighted by molar-refractivity contribution is 0.505. The van der Waals surface area contributed by atoms with Gasteiger partial charge in [-0.25, -0.2) is 4.39 Å². The average Bonchev–Trinajstić information content (AvgIpc) is 2.92. The van der Waals surface area contributed by atoms with E-state index in [9.17, 15) is 4.39 Å². The Hall–Kier alpha value is -0.900. The van der Waals surface area contributed by atoms with Crippen molar-refractivity contribution in [3.05, 3.63) is 57.0 Å². The summed E-state index contributed by atoms with van der Waals surface area (Å²) < 4.78 is 13.1. The average molecular weight is 312 g/mol. The molecule has 0 fully saturated rings. The number of nitrogens with one attached hydrogen (secondary N) is 1. The van der Waals surface area contributed by atoms with E-state index in [4.69, 9.17) is 11.6 Å². The molecule has 1 aromatic carbocycles. The zero-order chi connectivity index (χ0) is 14.4. The van der Waals surface area contributed by atoms with Gasteiger partial charge in [-0.15, -0.1) is 0 Å². The summed E-state index contributed by atoms with van der Waals surface area (Å²) in [5.74, 6) is -0.283. The lowest BCUT2D eigenvalue weighted by atomic mass is 10.00. The third-order valence-electron chi connectivity index (χ3n) is 3.23. The van der Waals surface area contributed by atoms with Crippen molar-refractivity contribution < 1.29 is 4.39 Å². The molecule has 1 nitrogen and oxygen atoms in total. The lowest BCUT2D eigenvalue weighted by Gasteiger charge is -2.19. The van der Waals surface area contributed by atoms with E-state index < -0.39 is 0 Å². The zero-order valence-electron chi connectivity index (χ0n) is 11.5. The van der Waals surface area contributed by atoms with E-state index in [0.29, 0.717) is 11.1 Å². The fourth-order valence-corrected chi connectivity index (χ4v) is 3.14. The fourth-order valence-electron chi connectivity index (χ4n) is 2.21. The monoisotopic (exact) mass is 311 g/mol. The second kappa shape index (κ2) is 7.77. The molecule has 0 spiro atoms. The van der Waals surface area contributed by atoms with Crippen molar-refractivity contribution in [3.8, 4) is 0 Å². The molecule has 1 heterocycles. The largest absolute Gasteiger partial charge is 0.313 e. The molecule has 0 bridgehead atoms. The molecule has 4 heteroatoms. The zero-order valence-corrected chi connectivity index (χ0v) is 13.1. The number of hydrogen-bond donors (Lipinski definition) is 1.